The zero-order valence-corrected chi connectivity index (χ0v) is 11.6. The zero-order valence-electron chi connectivity index (χ0n) is 10.9. The fourth-order valence-corrected chi connectivity index (χ4v) is 2.06. The van der Waals surface area contributed by atoms with Crippen LogP contribution < -0.4 is 5.43 Å². The van der Waals surface area contributed by atoms with Crippen LogP contribution in [0.2, 0.25) is 5.15 Å². The van der Waals surface area contributed by atoms with E-state index in [1.165, 1.54) is 0 Å². The Hall–Kier alpha value is -2.66. The fourth-order valence-electron chi connectivity index (χ4n) is 1.96. The quantitative estimate of drug-likeness (QED) is 0.574. The van der Waals surface area contributed by atoms with Crippen LogP contribution in [0, 0.1) is 0 Å². The van der Waals surface area contributed by atoms with Crippen LogP contribution in [0.4, 0.5) is 5.82 Å². The number of benzene rings is 2. The number of hydrazone groups is 1. The number of nitrogens with zero attached hydrogens (tertiary/aromatic N) is 3. The minimum Gasteiger partial charge on any atom is -0.507 e. The highest BCUT2D eigenvalue weighted by molar-refractivity contribution is 6.29. The molecule has 3 rings (SSSR count). The molecule has 0 saturated heterocycles. The molecule has 2 aromatic carbocycles. The average molecular weight is 299 g/mol. The van der Waals surface area contributed by atoms with Gasteiger partial charge in [0, 0.05) is 5.56 Å². The minimum atomic E-state index is 0.168. The number of halogens is 1. The Morgan fingerprint density at radius 1 is 1.05 bits per heavy atom. The first-order valence-corrected chi connectivity index (χ1v) is 6.61. The first-order chi connectivity index (χ1) is 10.2. The van der Waals surface area contributed by atoms with Crippen molar-refractivity contribution in [2.24, 2.45) is 5.10 Å². The molecule has 0 bridgehead atoms. The molecule has 0 aliphatic carbocycles. The van der Waals surface area contributed by atoms with Gasteiger partial charge in [0.05, 0.1) is 6.21 Å². The maximum Gasteiger partial charge on any atom is 0.168 e. The Kier molecular flexibility index (Phi) is 3.66. The molecule has 3 aromatic rings. The molecule has 21 heavy (non-hydrogen) atoms. The Morgan fingerprint density at radius 2 is 1.90 bits per heavy atom. The molecule has 0 amide bonds. The number of nitrogens with one attached hydrogen (secondary N) is 1. The monoisotopic (exact) mass is 298 g/mol. The van der Waals surface area contributed by atoms with Crippen LogP contribution in [0.5, 0.6) is 5.75 Å². The molecule has 1 heterocycles. The summed E-state index contributed by atoms with van der Waals surface area (Å²) in [4.78, 5) is 0. The second-order valence-corrected chi connectivity index (χ2v) is 4.72. The van der Waals surface area contributed by atoms with Crippen molar-refractivity contribution in [3.63, 3.8) is 0 Å². The van der Waals surface area contributed by atoms with Crippen LogP contribution in [0.3, 0.4) is 0 Å². The second kappa shape index (κ2) is 5.76. The summed E-state index contributed by atoms with van der Waals surface area (Å²) in [5.74, 6) is 0.636. The third-order valence-electron chi connectivity index (χ3n) is 2.95. The third-order valence-corrected chi connectivity index (χ3v) is 3.15. The topological polar surface area (TPSA) is 70.4 Å². The highest BCUT2D eigenvalue weighted by atomic mass is 35.5. The zero-order chi connectivity index (χ0) is 14.7. The van der Waals surface area contributed by atoms with E-state index in [0.29, 0.717) is 16.5 Å². The van der Waals surface area contributed by atoms with Crippen molar-refractivity contribution in [1.29, 1.82) is 0 Å². The molecular formula is C15H11ClN4O. The van der Waals surface area contributed by atoms with Gasteiger partial charge < -0.3 is 5.11 Å². The Balaban J connectivity index is 1.89. The lowest BCUT2D eigenvalue weighted by Gasteiger charge is -2.04. The summed E-state index contributed by atoms with van der Waals surface area (Å²) in [6, 6.07) is 14.5. The second-order valence-electron chi connectivity index (χ2n) is 4.33. The number of fused-ring (bicyclic) bond motifs is 1. The summed E-state index contributed by atoms with van der Waals surface area (Å²) in [7, 11) is 0. The van der Waals surface area contributed by atoms with Crippen LogP contribution in [0.25, 0.3) is 10.8 Å². The molecule has 0 fully saturated rings. The number of hydrogen-bond acceptors (Lipinski definition) is 5. The number of rotatable bonds is 3. The molecule has 5 nitrogen and oxygen atoms in total. The lowest BCUT2D eigenvalue weighted by atomic mass is 10.0. The van der Waals surface area contributed by atoms with Crippen LogP contribution in [0.15, 0.2) is 53.6 Å². The van der Waals surface area contributed by atoms with Gasteiger partial charge in [0.25, 0.3) is 0 Å². The average Bonchev–Trinajstić information content (AvgIpc) is 2.51. The number of anilines is 1. The van der Waals surface area contributed by atoms with E-state index in [0.717, 1.165) is 10.8 Å². The summed E-state index contributed by atoms with van der Waals surface area (Å²) in [5, 5.41) is 23.8. The predicted molar refractivity (Wildman–Crippen MR) is 83.9 cm³/mol. The summed E-state index contributed by atoms with van der Waals surface area (Å²) < 4.78 is 0. The van der Waals surface area contributed by atoms with Crippen molar-refractivity contribution < 1.29 is 5.11 Å². The molecule has 6 heteroatoms. The van der Waals surface area contributed by atoms with E-state index in [9.17, 15) is 5.11 Å². The standard InChI is InChI=1S/C15H11ClN4O/c16-14-7-8-15(20-18-14)19-17-9-12-11-4-2-1-3-10(11)5-6-13(12)21/h1-9,21H,(H,19,20). The van der Waals surface area contributed by atoms with Crippen LogP contribution in [-0.2, 0) is 0 Å². The maximum atomic E-state index is 9.98. The van der Waals surface area contributed by atoms with Gasteiger partial charge in [0.2, 0.25) is 0 Å². The van der Waals surface area contributed by atoms with Crippen molar-refractivity contribution in [3.8, 4) is 5.75 Å². The molecule has 0 spiro atoms. The Labute approximate surface area is 125 Å². The molecule has 0 atom stereocenters. The molecule has 1 aromatic heterocycles. The van der Waals surface area contributed by atoms with E-state index < -0.39 is 0 Å². The van der Waals surface area contributed by atoms with E-state index in [1.807, 2.05) is 30.3 Å². The Bertz CT molecular complexity index is 802. The van der Waals surface area contributed by atoms with Gasteiger partial charge in [0.1, 0.15) is 5.75 Å². The molecule has 0 aliphatic rings. The van der Waals surface area contributed by atoms with Crippen molar-refractivity contribution >= 4 is 34.4 Å². The number of aromatic hydroxyl groups is 1. The van der Waals surface area contributed by atoms with Gasteiger partial charge in [-0.1, -0.05) is 41.9 Å². The van der Waals surface area contributed by atoms with Gasteiger partial charge in [-0.2, -0.15) is 5.10 Å². The number of hydrogen-bond donors (Lipinski definition) is 2. The van der Waals surface area contributed by atoms with Crippen molar-refractivity contribution in [3.05, 3.63) is 59.2 Å². The van der Waals surface area contributed by atoms with Crippen molar-refractivity contribution in [2.75, 3.05) is 5.43 Å². The molecule has 104 valence electrons. The molecule has 0 unspecified atom stereocenters. The fraction of sp³-hybridized carbons (Fsp3) is 0. The number of aromatic nitrogens is 2. The van der Waals surface area contributed by atoms with Crippen LogP contribution >= 0.6 is 11.6 Å². The summed E-state index contributed by atoms with van der Waals surface area (Å²) >= 11 is 5.65. The van der Waals surface area contributed by atoms with E-state index in [4.69, 9.17) is 11.6 Å². The largest absolute Gasteiger partial charge is 0.507 e. The number of phenols is 1. The predicted octanol–water partition coefficient (Wildman–Crippen LogP) is 3.43. The van der Waals surface area contributed by atoms with E-state index in [-0.39, 0.29) is 5.75 Å². The lowest BCUT2D eigenvalue weighted by molar-refractivity contribution is 0.475. The highest BCUT2D eigenvalue weighted by Gasteiger charge is 2.04. The molecule has 2 N–H and O–H groups in total. The first-order valence-electron chi connectivity index (χ1n) is 6.23. The van der Waals surface area contributed by atoms with Gasteiger partial charge >= 0.3 is 0 Å². The maximum absolute atomic E-state index is 9.98. The summed E-state index contributed by atoms with van der Waals surface area (Å²) in [5.41, 5.74) is 3.38. The normalized spacial score (nSPS) is 11.1. The van der Waals surface area contributed by atoms with E-state index in [2.05, 4.69) is 20.7 Å². The SMILES string of the molecule is Oc1ccc2ccccc2c1C=NNc1ccc(Cl)nn1. The molecule has 0 radical (unpaired) electrons. The van der Waals surface area contributed by atoms with Crippen LogP contribution in [0.1, 0.15) is 5.56 Å². The van der Waals surface area contributed by atoms with E-state index >= 15 is 0 Å². The highest BCUT2D eigenvalue weighted by Crippen LogP contribution is 2.25. The minimum absolute atomic E-state index is 0.168. The lowest BCUT2D eigenvalue weighted by Crippen LogP contribution is -1.95. The van der Waals surface area contributed by atoms with Crippen LogP contribution in [-0.4, -0.2) is 21.5 Å². The molecule has 0 saturated carbocycles. The number of phenolic OH excluding ortho intramolecular Hbond substituents is 1. The smallest absolute Gasteiger partial charge is 0.168 e. The van der Waals surface area contributed by atoms with Gasteiger partial charge in [-0.15, -0.1) is 10.2 Å². The first kappa shape index (κ1) is 13.3. The molecular weight excluding hydrogens is 288 g/mol. The van der Waals surface area contributed by atoms with Gasteiger partial charge in [-0.25, -0.2) is 0 Å². The van der Waals surface area contributed by atoms with Crippen molar-refractivity contribution in [2.45, 2.75) is 0 Å². The Morgan fingerprint density at radius 3 is 2.71 bits per heavy atom. The van der Waals surface area contributed by atoms with Gasteiger partial charge in [-0.05, 0) is 29.0 Å². The third kappa shape index (κ3) is 2.93. The summed E-state index contributed by atoms with van der Waals surface area (Å²) in [6.45, 7) is 0. The van der Waals surface area contributed by atoms with Crippen molar-refractivity contribution in [1.82, 2.24) is 10.2 Å². The molecule has 0 aliphatic heterocycles. The van der Waals surface area contributed by atoms with Gasteiger partial charge in [0.15, 0.2) is 11.0 Å². The summed E-state index contributed by atoms with van der Waals surface area (Å²) in [6.07, 6.45) is 1.55. The van der Waals surface area contributed by atoms with E-state index in [1.54, 1.807) is 24.4 Å². The van der Waals surface area contributed by atoms with Gasteiger partial charge in [-0.3, -0.25) is 5.43 Å².